The summed E-state index contributed by atoms with van der Waals surface area (Å²) in [5, 5.41) is -0.0475. The summed E-state index contributed by atoms with van der Waals surface area (Å²) in [6.45, 7) is 2.71. The highest BCUT2D eigenvalue weighted by molar-refractivity contribution is 6.30. The molecule has 0 aliphatic rings. The van der Waals surface area contributed by atoms with Gasteiger partial charge in [-0.05, 0) is 42.3 Å². The van der Waals surface area contributed by atoms with Crippen molar-refractivity contribution in [3.8, 4) is 0 Å². The van der Waals surface area contributed by atoms with Gasteiger partial charge in [0.25, 0.3) is 0 Å². The number of amides is 2. The average Bonchev–Trinajstić information content (AvgIpc) is 2.78. The third-order valence-electron chi connectivity index (χ3n) is 4.98. The highest BCUT2D eigenvalue weighted by Gasteiger charge is 2.37. The Balaban J connectivity index is 2.10. The summed E-state index contributed by atoms with van der Waals surface area (Å²) in [4.78, 5) is 16.5. The lowest BCUT2D eigenvalue weighted by atomic mass is 10.1. The Morgan fingerprint density at radius 1 is 0.938 bits per heavy atom. The predicted molar refractivity (Wildman–Crippen MR) is 122 cm³/mol. The molecule has 0 fully saturated rings. The molecule has 2 amide bonds. The van der Waals surface area contributed by atoms with Gasteiger partial charge < -0.3 is 4.90 Å². The molecule has 0 unspecified atom stereocenters. The maximum atomic E-state index is 13.9. The van der Waals surface area contributed by atoms with Gasteiger partial charge in [-0.1, -0.05) is 73.5 Å². The molecule has 0 saturated heterocycles. The van der Waals surface area contributed by atoms with Gasteiger partial charge >= 0.3 is 12.2 Å². The van der Waals surface area contributed by atoms with Crippen molar-refractivity contribution in [2.45, 2.75) is 32.5 Å². The van der Waals surface area contributed by atoms with Crippen LogP contribution in [0.25, 0.3) is 0 Å². The molecule has 0 heterocycles. The summed E-state index contributed by atoms with van der Waals surface area (Å²) in [6, 6.07) is 20.7. The minimum Gasteiger partial charge on any atom is -0.320 e. The van der Waals surface area contributed by atoms with Gasteiger partial charge in [-0.25, -0.2) is 4.79 Å². The van der Waals surface area contributed by atoms with Crippen molar-refractivity contribution in [1.29, 1.82) is 0 Å². The fraction of sp³-hybridized carbons (Fsp3) is 0.240. The number of alkyl halides is 3. The number of urea groups is 1. The van der Waals surface area contributed by atoms with E-state index in [0.29, 0.717) is 12.2 Å². The van der Waals surface area contributed by atoms with Crippen LogP contribution >= 0.6 is 11.6 Å². The van der Waals surface area contributed by atoms with Crippen LogP contribution in [0.3, 0.4) is 0 Å². The van der Waals surface area contributed by atoms with E-state index in [9.17, 15) is 18.0 Å². The lowest BCUT2D eigenvalue weighted by Gasteiger charge is -2.32. The number of nitrogens with zero attached hydrogens (tertiary/aromatic N) is 2. The first-order chi connectivity index (χ1) is 15.3. The van der Waals surface area contributed by atoms with Crippen LogP contribution in [0.4, 0.5) is 29.3 Å². The van der Waals surface area contributed by atoms with Crippen molar-refractivity contribution in [1.82, 2.24) is 4.90 Å². The fourth-order valence-electron chi connectivity index (χ4n) is 3.40. The topological polar surface area (TPSA) is 23.6 Å². The summed E-state index contributed by atoms with van der Waals surface area (Å²) in [7, 11) is 0. The Morgan fingerprint density at radius 3 is 2.16 bits per heavy atom. The summed E-state index contributed by atoms with van der Waals surface area (Å²) in [5.41, 5.74) is 0.0296. The number of carbonyl (C=O) groups excluding carboxylic acids is 1. The molecule has 32 heavy (non-hydrogen) atoms. The number of rotatable bonds is 7. The number of carbonyl (C=O) groups is 1. The quantitative estimate of drug-likeness (QED) is 0.351. The van der Waals surface area contributed by atoms with Gasteiger partial charge in [-0.15, -0.1) is 0 Å². The predicted octanol–water partition coefficient (Wildman–Crippen LogP) is 7.92. The molecule has 0 aliphatic heterocycles. The Kier molecular flexibility index (Phi) is 7.80. The number of para-hydroxylation sites is 1. The van der Waals surface area contributed by atoms with Gasteiger partial charge in [0, 0.05) is 18.1 Å². The van der Waals surface area contributed by atoms with Crippen molar-refractivity contribution >= 4 is 29.0 Å². The standard InChI is InChI=1S/C25H24ClF3N2O/c1-2-3-16-30(18-19-10-6-4-7-11-19)24(32)31(21-12-8-5-9-13-21)23-15-14-20(26)17-22(23)25(27,28)29/h4-15,17H,2-3,16,18H2,1H3. The van der Waals surface area contributed by atoms with Crippen LogP contribution in [0, 0.1) is 0 Å². The number of unbranched alkanes of at least 4 members (excludes halogenated alkanes) is 1. The van der Waals surface area contributed by atoms with Crippen LogP contribution in [0.1, 0.15) is 30.9 Å². The molecule has 0 aromatic heterocycles. The SMILES string of the molecule is CCCCN(Cc1ccccc1)C(=O)N(c1ccccc1)c1ccc(Cl)cc1C(F)(F)F. The summed E-state index contributed by atoms with van der Waals surface area (Å²) in [5.74, 6) is 0. The lowest BCUT2D eigenvalue weighted by molar-refractivity contribution is -0.137. The maximum Gasteiger partial charge on any atom is 0.418 e. The van der Waals surface area contributed by atoms with Gasteiger partial charge in [0.15, 0.2) is 0 Å². The number of halogens is 4. The van der Waals surface area contributed by atoms with E-state index < -0.39 is 17.8 Å². The zero-order valence-electron chi connectivity index (χ0n) is 17.6. The molecule has 168 valence electrons. The molecular formula is C25H24ClF3N2O. The van der Waals surface area contributed by atoms with Gasteiger partial charge in [0.1, 0.15) is 0 Å². The van der Waals surface area contributed by atoms with Crippen LogP contribution in [0.15, 0.2) is 78.9 Å². The summed E-state index contributed by atoms with van der Waals surface area (Å²) >= 11 is 5.88. The third kappa shape index (κ3) is 5.82. The molecule has 3 rings (SSSR count). The molecule has 0 atom stereocenters. The number of anilines is 2. The third-order valence-corrected chi connectivity index (χ3v) is 5.21. The molecule has 0 aliphatic carbocycles. The number of hydrogen-bond donors (Lipinski definition) is 0. The lowest BCUT2D eigenvalue weighted by Crippen LogP contribution is -2.41. The Labute approximate surface area is 191 Å². The molecule has 3 aromatic carbocycles. The highest BCUT2D eigenvalue weighted by atomic mass is 35.5. The van der Waals surface area contributed by atoms with E-state index in [0.717, 1.165) is 29.4 Å². The summed E-state index contributed by atoms with van der Waals surface area (Å²) in [6.07, 6.45) is -3.10. The van der Waals surface area contributed by atoms with Crippen LogP contribution in [0.5, 0.6) is 0 Å². The van der Waals surface area contributed by atoms with Crippen molar-refractivity contribution in [2.24, 2.45) is 0 Å². The molecule has 0 bridgehead atoms. The molecule has 0 spiro atoms. The van der Waals surface area contributed by atoms with Crippen molar-refractivity contribution in [2.75, 3.05) is 11.4 Å². The maximum absolute atomic E-state index is 13.9. The van der Waals surface area contributed by atoms with Crippen molar-refractivity contribution in [3.63, 3.8) is 0 Å². The smallest absolute Gasteiger partial charge is 0.320 e. The Bertz CT molecular complexity index is 1030. The Morgan fingerprint density at radius 2 is 1.56 bits per heavy atom. The minimum absolute atomic E-state index is 0.0475. The minimum atomic E-state index is -4.68. The Hall–Kier alpha value is -2.99. The normalized spacial score (nSPS) is 11.3. The van der Waals surface area contributed by atoms with Gasteiger partial charge in [-0.2, -0.15) is 13.2 Å². The van der Waals surface area contributed by atoms with Crippen molar-refractivity contribution in [3.05, 3.63) is 95.0 Å². The monoisotopic (exact) mass is 460 g/mol. The molecule has 0 saturated carbocycles. The van der Waals surface area contributed by atoms with Crippen LogP contribution in [-0.4, -0.2) is 17.5 Å². The zero-order valence-corrected chi connectivity index (χ0v) is 18.4. The van der Waals surface area contributed by atoms with E-state index in [-0.39, 0.29) is 17.3 Å². The summed E-state index contributed by atoms with van der Waals surface area (Å²) < 4.78 is 41.7. The highest BCUT2D eigenvalue weighted by Crippen LogP contribution is 2.41. The largest absolute Gasteiger partial charge is 0.418 e. The first kappa shape index (κ1) is 23.7. The fourth-order valence-corrected chi connectivity index (χ4v) is 3.57. The number of benzene rings is 3. The van der Waals surface area contributed by atoms with E-state index in [2.05, 4.69) is 0 Å². The van der Waals surface area contributed by atoms with Crippen LogP contribution < -0.4 is 4.90 Å². The van der Waals surface area contributed by atoms with Gasteiger partial charge in [0.2, 0.25) is 0 Å². The zero-order chi connectivity index (χ0) is 23.1. The number of hydrogen-bond acceptors (Lipinski definition) is 1. The first-order valence-corrected chi connectivity index (χ1v) is 10.7. The first-order valence-electron chi connectivity index (χ1n) is 10.4. The second-order valence-electron chi connectivity index (χ2n) is 7.37. The molecular weight excluding hydrogens is 437 g/mol. The molecule has 0 N–H and O–H groups in total. The average molecular weight is 461 g/mol. The van der Waals surface area contributed by atoms with Gasteiger partial charge in [0.05, 0.1) is 16.9 Å². The van der Waals surface area contributed by atoms with E-state index >= 15 is 0 Å². The molecule has 7 heteroatoms. The molecule has 0 radical (unpaired) electrons. The van der Waals surface area contributed by atoms with Gasteiger partial charge in [-0.3, -0.25) is 4.90 Å². The van der Waals surface area contributed by atoms with E-state index in [1.165, 1.54) is 12.1 Å². The molecule has 3 aromatic rings. The van der Waals surface area contributed by atoms with Crippen molar-refractivity contribution < 1.29 is 18.0 Å². The van der Waals surface area contributed by atoms with E-state index in [4.69, 9.17) is 11.6 Å². The second kappa shape index (κ2) is 10.6. The second-order valence-corrected chi connectivity index (χ2v) is 7.81. The van der Waals surface area contributed by atoms with E-state index in [1.54, 1.807) is 35.2 Å². The van der Waals surface area contributed by atoms with Crippen LogP contribution in [-0.2, 0) is 12.7 Å². The van der Waals surface area contributed by atoms with E-state index in [1.807, 2.05) is 37.3 Å². The van der Waals surface area contributed by atoms with Crippen LogP contribution in [0.2, 0.25) is 5.02 Å². The molecule has 3 nitrogen and oxygen atoms in total.